The number of hydrazine groups is 2. The molecule has 2 aromatic carbocycles. The smallest absolute Gasteiger partial charge is 0.259 e. The molecule has 1 heterocycles. The van der Waals surface area contributed by atoms with E-state index in [9.17, 15) is 14.9 Å². The summed E-state index contributed by atoms with van der Waals surface area (Å²) in [5.41, 5.74) is 6.98. The molecule has 0 aliphatic carbocycles. The molecule has 1 unspecified atom stereocenters. The Labute approximate surface area is 138 Å². The number of nitro groups is 1. The van der Waals surface area contributed by atoms with Gasteiger partial charge >= 0.3 is 6.03 Å². The van der Waals surface area contributed by atoms with Gasteiger partial charge in [0.25, 0.3) is 5.69 Å². The van der Waals surface area contributed by atoms with Crippen LogP contribution in [0.5, 0.6) is 0 Å². The normalized spacial score (nSPS) is 21.0. The summed E-state index contributed by atoms with van der Waals surface area (Å²) in [4.78, 5) is 22.8. The monoisotopic (exact) mass is 327 g/mol. The molecule has 8 nitrogen and oxygen atoms in total. The van der Waals surface area contributed by atoms with Gasteiger partial charge in [-0.25, -0.2) is 15.2 Å². The Hall–Kier alpha value is -2.97. The van der Waals surface area contributed by atoms with Gasteiger partial charge in [-0.05, 0) is 24.6 Å². The van der Waals surface area contributed by atoms with E-state index in [4.69, 9.17) is 0 Å². The van der Waals surface area contributed by atoms with Gasteiger partial charge in [0.15, 0.2) is 0 Å². The van der Waals surface area contributed by atoms with Crippen LogP contribution in [0.25, 0.3) is 0 Å². The maximum absolute atomic E-state index is 12.5. The summed E-state index contributed by atoms with van der Waals surface area (Å²) in [5, 5.41) is 13.5. The van der Waals surface area contributed by atoms with Gasteiger partial charge in [-0.3, -0.25) is 15.1 Å². The minimum absolute atomic E-state index is 0.0273. The van der Waals surface area contributed by atoms with Crippen LogP contribution in [0.2, 0.25) is 0 Å². The second kappa shape index (κ2) is 5.91. The summed E-state index contributed by atoms with van der Waals surface area (Å²) < 4.78 is 0. The Morgan fingerprint density at radius 2 is 1.67 bits per heavy atom. The topological polar surface area (TPSA) is 90.8 Å². The minimum atomic E-state index is -0.717. The van der Waals surface area contributed by atoms with Crippen LogP contribution in [0.15, 0.2) is 54.6 Å². The first-order valence-corrected chi connectivity index (χ1v) is 7.34. The van der Waals surface area contributed by atoms with E-state index in [0.29, 0.717) is 5.69 Å². The quantitative estimate of drug-likeness (QED) is 0.667. The van der Waals surface area contributed by atoms with E-state index in [1.165, 1.54) is 34.3 Å². The second-order valence-corrected chi connectivity index (χ2v) is 5.67. The zero-order valence-corrected chi connectivity index (χ0v) is 13.3. The number of nitrogens with zero attached hydrogens (tertiary/aromatic N) is 3. The van der Waals surface area contributed by atoms with Crippen molar-refractivity contribution < 1.29 is 9.72 Å². The third kappa shape index (κ3) is 2.80. The van der Waals surface area contributed by atoms with Crippen LogP contribution in [0, 0.1) is 10.1 Å². The number of nitro benzene ring substituents is 1. The Morgan fingerprint density at radius 1 is 1.04 bits per heavy atom. The molecule has 8 heteroatoms. The molecule has 1 atom stereocenters. The molecule has 2 amide bonds. The summed E-state index contributed by atoms with van der Waals surface area (Å²) in [6.45, 7) is 1.91. The van der Waals surface area contributed by atoms with Gasteiger partial charge in [0, 0.05) is 19.2 Å². The molecule has 2 aromatic rings. The number of carbonyl (C=O) groups excluding carboxylic acids is 1. The van der Waals surface area contributed by atoms with Crippen molar-refractivity contribution in [1.82, 2.24) is 15.9 Å². The van der Waals surface area contributed by atoms with Gasteiger partial charge in [0.05, 0.1) is 10.6 Å². The lowest BCUT2D eigenvalue weighted by Crippen LogP contribution is -2.72. The van der Waals surface area contributed by atoms with Crippen molar-refractivity contribution in [2.24, 2.45) is 0 Å². The number of non-ortho nitro benzene ring substituents is 1. The SMILES string of the molecule is CN1NC(C)(c2ccccc2)NN(c2ccc([N+](=O)[O-])cc2)C1=O. The fourth-order valence-corrected chi connectivity index (χ4v) is 2.63. The molecule has 1 fully saturated rings. The zero-order chi connectivity index (χ0) is 17.3. The number of urea groups is 1. The first-order valence-electron chi connectivity index (χ1n) is 7.34. The second-order valence-electron chi connectivity index (χ2n) is 5.67. The highest BCUT2D eigenvalue weighted by Crippen LogP contribution is 2.26. The third-order valence-corrected chi connectivity index (χ3v) is 3.87. The van der Waals surface area contributed by atoms with Gasteiger partial charge in [-0.1, -0.05) is 30.3 Å². The van der Waals surface area contributed by atoms with Crippen molar-refractivity contribution in [2.45, 2.75) is 12.6 Å². The van der Waals surface area contributed by atoms with Gasteiger partial charge in [0.2, 0.25) is 0 Å². The van der Waals surface area contributed by atoms with E-state index in [1.54, 1.807) is 7.05 Å². The average molecular weight is 327 g/mol. The van der Waals surface area contributed by atoms with E-state index >= 15 is 0 Å². The summed E-state index contributed by atoms with van der Waals surface area (Å²) >= 11 is 0. The molecule has 0 bridgehead atoms. The van der Waals surface area contributed by atoms with Crippen molar-refractivity contribution in [3.8, 4) is 0 Å². The first kappa shape index (κ1) is 15.9. The molecule has 2 N–H and O–H groups in total. The van der Waals surface area contributed by atoms with Gasteiger partial charge in [-0.15, -0.1) is 0 Å². The number of anilines is 1. The molecule has 0 saturated carbocycles. The van der Waals surface area contributed by atoms with E-state index in [-0.39, 0.29) is 11.7 Å². The maximum Gasteiger partial charge on any atom is 0.353 e. The minimum Gasteiger partial charge on any atom is -0.259 e. The fraction of sp³-hybridized carbons (Fsp3) is 0.188. The Kier molecular flexibility index (Phi) is 3.92. The highest BCUT2D eigenvalue weighted by Gasteiger charge is 2.39. The molecule has 0 radical (unpaired) electrons. The number of hydrogen-bond donors (Lipinski definition) is 2. The van der Waals surface area contributed by atoms with Crippen molar-refractivity contribution in [1.29, 1.82) is 0 Å². The van der Waals surface area contributed by atoms with Crippen LogP contribution >= 0.6 is 0 Å². The highest BCUT2D eigenvalue weighted by molar-refractivity contribution is 5.91. The number of nitrogens with one attached hydrogen (secondary N) is 2. The first-order chi connectivity index (χ1) is 11.4. The maximum atomic E-state index is 12.5. The molecule has 1 aliphatic rings. The van der Waals surface area contributed by atoms with E-state index in [1.807, 2.05) is 37.3 Å². The van der Waals surface area contributed by atoms with Gasteiger partial charge in [-0.2, -0.15) is 5.43 Å². The summed E-state index contributed by atoms with van der Waals surface area (Å²) in [7, 11) is 1.63. The molecule has 3 rings (SSSR count). The highest BCUT2D eigenvalue weighted by atomic mass is 16.6. The Bertz CT molecular complexity index is 765. The van der Waals surface area contributed by atoms with E-state index in [2.05, 4.69) is 10.9 Å². The summed E-state index contributed by atoms with van der Waals surface area (Å²) in [5.74, 6) is 0. The van der Waals surface area contributed by atoms with Crippen molar-refractivity contribution >= 4 is 17.4 Å². The number of amides is 2. The van der Waals surface area contributed by atoms with Gasteiger partial charge in [0.1, 0.15) is 5.66 Å². The van der Waals surface area contributed by atoms with Crippen LogP contribution in [-0.2, 0) is 5.66 Å². The van der Waals surface area contributed by atoms with E-state index in [0.717, 1.165) is 5.56 Å². The number of carbonyl (C=O) groups is 1. The molecular formula is C16H17N5O3. The van der Waals surface area contributed by atoms with Crippen LogP contribution < -0.4 is 15.9 Å². The molecule has 0 spiro atoms. The molecule has 1 aliphatic heterocycles. The van der Waals surface area contributed by atoms with Crippen LogP contribution in [0.4, 0.5) is 16.2 Å². The molecular weight excluding hydrogens is 310 g/mol. The van der Waals surface area contributed by atoms with Crippen LogP contribution in [0.1, 0.15) is 12.5 Å². The van der Waals surface area contributed by atoms with E-state index < -0.39 is 10.6 Å². The predicted octanol–water partition coefficient (Wildman–Crippen LogP) is 2.35. The largest absolute Gasteiger partial charge is 0.353 e. The molecule has 124 valence electrons. The van der Waals surface area contributed by atoms with Crippen LogP contribution in [-0.4, -0.2) is 23.0 Å². The Balaban J connectivity index is 1.94. The van der Waals surface area contributed by atoms with Crippen LogP contribution in [0.3, 0.4) is 0 Å². The number of rotatable bonds is 3. The number of benzene rings is 2. The fourth-order valence-electron chi connectivity index (χ4n) is 2.63. The molecule has 1 saturated heterocycles. The van der Waals surface area contributed by atoms with Crippen molar-refractivity contribution in [3.63, 3.8) is 0 Å². The number of hydrogen-bond acceptors (Lipinski definition) is 5. The lowest BCUT2D eigenvalue weighted by Gasteiger charge is -2.46. The van der Waals surface area contributed by atoms with Crippen molar-refractivity contribution in [3.05, 3.63) is 70.3 Å². The third-order valence-electron chi connectivity index (χ3n) is 3.87. The summed E-state index contributed by atoms with van der Waals surface area (Å²) in [6, 6.07) is 15.1. The molecule has 0 aromatic heterocycles. The Morgan fingerprint density at radius 3 is 2.25 bits per heavy atom. The lowest BCUT2D eigenvalue weighted by molar-refractivity contribution is -0.384. The van der Waals surface area contributed by atoms with Crippen molar-refractivity contribution in [2.75, 3.05) is 12.1 Å². The lowest BCUT2D eigenvalue weighted by atomic mass is 10.0. The average Bonchev–Trinajstić information content (AvgIpc) is 2.59. The standard InChI is InChI=1S/C16H17N5O3/c1-16(12-6-4-3-5-7-12)17-19(2)15(22)20(18-16)13-8-10-14(11-9-13)21(23)24/h3-11,17-18H,1-2H3. The molecule has 24 heavy (non-hydrogen) atoms. The van der Waals surface area contributed by atoms with Gasteiger partial charge < -0.3 is 0 Å². The summed E-state index contributed by atoms with van der Waals surface area (Å²) in [6.07, 6.45) is 0. The predicted molar refractivity (Wildman–Crippen MR) is 88.8 cm³/mol. The zero-order valence-electron chi connectivity index (χ0n) is 13.3.